The van der Waals surface area contributed by atoms with Crippen LogP contribution in [-0.4, -0.2) is 54.9 Å². The van der Waals surface area contributed by atoms with E-state index in [0.29, 0.717) is 35.2 Å². The fourth-order valence-corrected chi connectivity index (χ4v) is 3.64. The Kier molecular flexibility index (Phi) is 5.45. The maximum absolute atomic E-state index is 12.7. The molecular weight excluding hydrogens is 360 g/mol. The number of hydrogen-bond donors (Lipinski definition) is 0. The van der Waals surface area contributed by atoms with Crippen LogP contribution in [0.2, 0.25) is 0 Å². The molecule has 2 aromatic rings. The predicted molar refractivity (Wildman–Crippen MR) is 106 cm³/mol. The number of rotatable bonds is 4. The molecule has 1 aliphatic heterocycles. The van der Waals surface area contributed by atoms with Gasteiger partial charge in [-0.25, -0.2) is 4.79 Å². The molecule has 7 heteroatoms. The first kappa shape index (κ1) is 19.9. The minimum atomic E-state index is -0.428. The summed E-state index contributed by atoms with van der Waals surface area (Å²) in [6, 6.07) is 3.18. The molecule has 0 saturated carbocycles. The maximum Gasteiger partial charge on any atom is 0.339 e. The van der Waals surface area contributed by atoms with Crippen molar-refractivity contribution >= 4 is 22.8 Å². The lowest BCUT2D eigenvalue weighted by Gasteiger charge is -2.26. The van der Waals surface area contributed by atoms with Crippen molar-refractivity contribution in [2.24, 2.45) is 0 Å². The molecule has 1 aromatic heterocycles. The van der Waals surface area contributed by atoms with E-state index in [1.807, 2.05) is 19.9 Å². The molecular formula is C21H26N2O5. The Morgan fingerprint density at radius 2 is 1.93 bits per heavy atom. The van der Waals surface area contributed by atoms with E-state index in [-0.39, 0.29) is 24.0 Å². The summed E-state index contributed by atoms with van der Waals surface area (Å²) in [7, 11) is 3.38. The lowest BCUT2D eigenvalue weighted by molar-refractivity contribution is -0.143. The van der Waals surface area contributed by atoms with Crippen molar-refractivity contribution in [3.8, 4) is 5.75 Å². The molecule has 28 heavy (non-hydrogen) atoms. The highest BCUT2D eigenvalue weighted by Crippen LogP contribution is 2.31. The monoisotopic (exact) mass is 386 g/mol. The Bertz CT molecular complexity index is 992. The van der Waals surface area contributed by atoms with Crippen LogP contribution in [0.4, 0.5) is 0 Å². The molecule has 2 heterocycles. The zero-order chi connectivity index (χ0) is 20.6. The van der Waals surface area contributed by atoms with Crippen LogP contribution in [-0.2, 0) is 9.59 Å². The third kappa shape index (κ3) is 3.61. The number of aryl methyl sites for hydroxylation is 2. The van der Waals surface area contributed by atoms with Crippen LogP contribution in [0.15, 0.2) is 21.3 Å². The molecule has 1 atom stereocenters. The second-order valence-corrected chi connectivity index (χ2v) is 7.54. The Balaban J connectivity index is 1.86. The lowest BCUT2D eigenvalue weighted by Crippen LogP contribution is -2.46. The number of ether oxygens (including phenoxy) is 1. The first-order chi connectivity index (χ1) is 13.2. The van der Waals surface area contributed by atoms with Gasteiger partial charge >= 0.3 is 5.63 Å². The van der Waals surface area contributed by atoms with Gasteiger partial charge in [-0.2, -0.15) is 0 Å². The molecule has 0 unspecified atom stereocenters. The quantitative estimate of drug-likeness (QED) is 0.753. The summed E-state index contributed by atoms with van der Waals surface area (Å²) in [5, 5.41) is 0.692. The molecule has 0 N–H and O–H groups in total. The van der Waals surface area contributed by atoms with Crippen molar-refractivity contribution in [2.45, 2.75) is 39.7 Å². The number of carbonyl (C=O) groups is 2. The summed E-state index contributed by atoms with van der Waals surface area (Å²) in [6.45, 7) is 5.79. The number of amides is 2. The highest BCUT2D eigenvalue weighted by Gasteiger charge is 2.35. The second-order valence-electron chi connectivity index (χ2n) is 7.54. The molecule has 0 spiro atoms. The number of likely N-dealkylation sites (N-methyl/N-ethyl adjacent to an activating group) is 1. The van der Waals surface area contributed by atoms with E-state index in [1.54, 1.807) is 32.0 Å². The van der Waals surface area contributed by atoms with Crippen molar-refractivity contribution < 1.29 is 18.7 Å². The maximum atomic E-state index is 12.7. The second kappa shape index (κ2) is 7.66. The van der Waals surface area contributed by atoms with Gasteiger partial charge in [0.25, 0.3) is 5.91 Å². The van der Waals surface area contributed by atoms with Crippen LogP contribution in [0.3, 0.4) is 0 Å². The molecule has 150 valence electrons. The fourth-order valence-electron chi connectivity index (χ4n) is 3.64. The van der Waals surface area contributed by atoms with E-state index in [1.165, 1.54) is 4.90 Å². The van der Waals surface area contributed by atoms with Gasteiger partial charge in [0.05, 0.1) is 5.39 Å². The Morgan fingerprint density at radius 3 is 2.61 bits per heavy atom. The molecule has 2 amide bonds. The van der Waals surface area contributed by atoms with Crippen LogP contribution in [0.5, 0.6) is 5.75 Å². The number of likely N-dealkylation sites (tertiary alicyclic amines) is 1. The summed E-state index contributed by atoms with van der Waals surface area (Å²) >= 11 is 0. The van der Waals surface area contributed by atoms with Crippen LogP contribution in [0.25, 0.3) is 11.0 Å². The molecule has 1 aromatic carbocycles. The largest absolute Gasteiger partial charge is 0.483 e. The lowest BCUT2D eigenvalue weighted by atomic mass is 10.0. The Hall–Kier alpha value is -2.83. The smallest absolute Gasteiger partial charge is 0.339 e. The third-order valence-electron chi connectivity index (χ3n) is 5.31. The predicted octanol–water partition coefficient (Wildman–Crippen LogP) is 2.18. The van der Waals surface area contributed by atoms with Crippen LogP contribution >= 0.6 is 0 Å². The van der Waals surface area contributed by atoms with Crippen molar-refractivity contribution in [1.82, 2.24) is 9.80 Å². The highest BCUT2D eigenvalue weighted by molar-refractivity contribution is 5.90. The van der Waals surface area contributed by atoms with E-state index in [2.05, 4.69) is 0 Å². The van der Waals surface area contributed by atoms with Crippen molar-refractivity contribution in [1.29, 1.82) is 0 Å². The average Bonchev–Trinajstić information content (AvgIpc) is 3.12. The zero-order valence-electron chi connectivity index (χ0n) is 17.0. The number of carbonyl (C=O) groups excluding carboxylic acids is 2. The van der Waals surface area contributed by atoms with Gasteiger partial charge in [0.1, 0.15) is 17.4 Å². The average molecular weight is 386 g/mol. The summed E-state index contributed by atoms with van der Waals surface area (Å²) in [6.07, 6.45) is 1.46. The van der Waals surface area contributed by atoms with Crippen molar-refractivity contribution in [3.05, 3.63) is 39.2 Å². The van der Waals surface area contributed by atoms with E-state index < -0.39 is 6.04 Å². The summed E-state index contributed by atoms with van der Waals surface area (Å²) in [5.74, 6) is 0.210. The Labute approximate surface area is 163 Å². The number of nitrogens with zero attached hydrogens (tertiary/aromatic N) is 2. The minimum Gasteiger partial charge on any atom is -0.483 e. The molecule has 0 aliphatic carbocycles. The normalized spacial score (nSPS) is 16.5. The van der Waals surface area contributed by atoms with Crippen LogP contribution < -0.4 is 10.4 Å². The molecule has 3 rings (SSSR count). The topological polar surface area (TPSA) is 80.1 Å². The van der Waals surface area contributed by atoms with E-state index in [9.17, 15) is 14.4 Å². The van der Waals surface area contributed by atoms with Crippen molar-refractivity contribution in [2.75, 3.05) is 27.2 Å². The molecule has 0 bridgehead atoms. The van der Waals surface area contributed by atoms with Gasteiger partial charge in [-0.05, 0) is 56.9 Å². The molecule has 1 saturated heterocycles. The van der Waals surface area contributed by atoms with Crippen LogP contribution in [0, 0.1) is 20.8 Å². The van der Waals surface area contributed by atoms with E-state index >= 15 is 0 Å². The van der Waals surface area contributed by atoms with E-state index in [0.717, 1.165) is 17.5 Å². The van der Waals surface area contributed by atoms with Gasteiger partial charge < -0.3 is 19.0 Å². The van der Waals surface area contributed by atoms with Gasteiger partial charge in [0, 0.05) is 26.2 Å². The molecule has 1 fully saturated rings. The zero-order valence-corrected chi connectivity index (χ0v) is 17.0. The van der Waals surface area contributed by atoms with Gasteiger partial charge in [-0.15, -0.1) is 0 Å². The number of hydrogen-bond acceptors (Lipinski definition) is 5. The number of fused-ring (bicyclic) bond motifs is 1. The SMILES string of the molecule is Cc1cc(OCC(=O)N2CCC[C@H]2C(=O)N(C)C)c2c(C)c(C)c(=O)oc2c1. The van der Waals surface area contributed by atoms with Gasteiger partial charge in [-0.1, -0.05) is 0 Å². The highest BCUT2D eigenvalue weighted by atomic mass is 16.5. The summed E-state index contributed by atoms with van der Waals surface area (Å²) in [4.78, 5) is 40.1. The minimum absolute atomic E-state index is 0.0694. The van der Waals surface area contributed by atoms with E-state index in [4.69, 9.17) is 9.15 Å². The molecule has 7 nitrogen and oxygen atoms in total. The van der Waals surface area contributed by atoms with Gasteiger partial charge in [0.15, 0.2) is 6.61 Å². The first-order valence-electron chi connectivity index (χ1n) is 9.38. The fraction of sp³-hybridized carbons (Fsp3) is 0.476. The summed E-state index contributed by atoms with van der Waals surface area (Å²) in [5.41, 5.74) is 2.22. The first-order valence-corrected chi connectivity index (χ1v) is 9.38. The molecule has 1 aliphatic rings. The van der Waals surface area contributed by atoms with Gasteiger partial charge in [-0.3, -0.25) is 9.59 Å². The summed E-state index contributed by atoms with van der Waals surface area (Å²) < 4.78 is 11.3. The standard InChI is InChI=1S/C21H26N2O5/c1-12-9-16(19-13(2)14(3)21(26)28-17(19)10-12)27-11-18(24)23-8-6-7-15(23)20(25)22(4)5/h9-10,15H,6-8,11H2,1-5H3/t15-/m0/s1. The number of benzene rings is 1. The molecule has 0 radical (unpaired) electrons. The van der Waals surface area contributed by atoms with Crippen LogP contribution in [0.1, 0.15) is 29.5 Å². The van der Waals surface area contributed by atoms with Gasteiger partial charge in [0.2, 0.25) is 5.91 Å². The van der Waals surface area contributed by atoms with Crippen molar-refractivity contribution in [3.63, 3.8) is 0 Å². The third-order valence-corrected chi connectivity index (χ3v) is 5.31. The Morgan fingerprint density at radius 1 is 1.21 bits per heavy atom.